The van der Waals surface area contributed by atoms with Gasteiger partial charge in [-0.1, -0.05) is 18.2 Å². The second kappa shape index (κ2) is 5.94. The minimum absolute atomic E-state index is 0.128. The molecule has 1 saturated heterocycles. The Labute approximate surface area is 129 Å². The molecule has 0 amide bonds. The van der Waals surface area contributed by atoms with Gasteiger partial charge in [0.05, 0.1) is 13.2 Å². The molecule has 0 radical (unpaired) electrons. The van der Waals surface area contributed by atoms with Crippen LogP contribution in [0.15, 0.2) is 53.6 Å². The molecule has 1 N–H and O–H groups in total. The number of hydrogen-bond donors (Lipinski definition) is 1. The summed E-state index contributed by atoms with van der Waals surface area (Å²) in [4.78, 5) is 6.43. The van der Waals surface area contributed by atoms with Crippen LogP contribution in [0.25, 0.3) is 0 Å². The average Bonchev–Trinajstić information content (AvgIpc) is 2.51. The zero-order valence-electron chi connectivity index (χ0n) is 12.1. The number of para-hydroxylation sites is 1. The SMILES string of the molecule is COc1ccccc1S(=O)(=O)NC1CN(c2ccccn2)C1. The lowest BCUT2D eigenvalue weighted by atomic mass is 10.1. The van der Waals surface area contributed by atoms with E-state index in [1.165, 1.54) is 13.2 Å². The van der Waals surface area contributed by atoms with Gasteiger partial charge in [0.25, 0.3) is 0 Å². The predicted octanol–water partition coefficient (Wildman–Crippen LogP) is 1.26. The predicted molar refractivity (Wildman–Crippen MR) is 83.6 cm³/mol. The third kappa shape index (κ3) is 2.90. The number of pyridine rings is 1. The Morgan fingerprint density at radius 3 is 2.59 bits per heavy atom. The fourth-order valence-corrected chi connectivity index (χ4v) is 3.79. The van der Waals surface area contributed by atoms with E-state index in [0.717, 1.165) is 5.82 Å². The molecule has 1 aliphatic rings. The zero-order valence-corrected chi connectivity index (χ0v) is 13.0. The van der Waals surface area contributed by atoms with E-state index in [2.05, 4.69) is 9.71 Å². The normalized spacial score (nSPS) is 15.4. The smallest absolute Gasteiger partial charge is 0.244 e. The second-order valence-corrected chi connectivity index (χ2v) is 6.74. The largest absolute Gasteiger partial charge is 0.495 e. The van der Waals surface area contributed by atoms with Crippen LogP contribution in [0.5, 0.6) is 5.75 Å². The third-order valence-corrected chi connectivity index (χ3v) is 5.10. The molecule has 0 saturated carbocycles. The van der Waals surface area contributed by atoms with Crippen LogP contribution in [0.4, 0.5) is 5.82 Å². The summed E-state index contributed by atoms with van der Waals surface area (Å²) in [5.74, 6) is 1.20. The van der Waals surface area contributed by atoms with Gasteiger partial charge in [-0.15, -0.1) is 0 Å². The molecule has 1 fully saturated rings. The first-order chi connectivity index (χ1) is 10.6. The lowest BCUT2D eigenvalue weighted by Gasteiger charge is -2.40. The van der Waals surface area contributed by atoms with Gasteiger partial charge in [0.2, 0.25) is 10.0 Å². The summed E-state index contributed by atoms with van der Waals surface area (Å²) < 4.78 is 32.7. The van der Waals surface area contributed by atoms with Crippen molar-refractivity contribution in [2.45, 2.75) is 10.9 Å². The van der Waals surface area contributed by atoms with E-state index in [1.54, 1.807) is 24.4 Å². The molecule has 22 heavy (non-hydrogen) atoms. The summed E-state index contributed by atoms with van der Waals surface area (Å²) in [6, 6.07) is 12.1. The van der Waals surface area contributed by atoms with Crippen molar-refractivity contribution >= 4 is 15.8 Å². The van der Waals surface area contributed by atoms with Crippen molar-refractivity contribution in [3.05, 3.63) is 48.7 Å². The number of hydrogen-bond acceptors (Lipinski definition) is 5. The number of nitrogens with zero attached hydrogens (tertiary/aromatic N) is 2. The van der Waals surface area contributed by atoms with Crippen LogP contribution in [-0.2, 0) is 10.0 Å². The summed E-state index contributed by atoms with van der Waals surface area (Å²) in [7, 11) is -2.13. The number of aromatic nitrogens is 1. The highest BCUT2D eigenvalue weighted by Gasteiger charge is 2.32. The molecule has 1 aromatic heterocycles. The Balaban J connectivity index is 1.67. The maximum absolute atomic E-state index is 12.4. The lowest BCUT2D eigenvalue weighted by molar-refractivity contribution is 0.401. The van der Waals surface area contributed by atoms with Crippen molar-refractivity contribution < 1.29 is 13.2 Å². The van der Waals surface area contributed by atoms with E-state index >= 15 is 0 Å². The van der Waals surface area contributed by atoms with Gasteiger partial charge < -0.3 is 9.64 Å². The van der Waals surface area contributed by atoms with E-state index in [9.17, 15) is 8.42 Å². The van der Waals surface area contributed by atoms with Crippen LogP contribution >= 0.6 is 0 Å². The summed E-state index contributed by atoms with van der Waals surface area (Å²) in [6.07, 6.45) is 1.72. The molecule has 0 aliphatic carbocycles. The summed E-state index contributed by atoms with van der Waals surface area (Å²) in [5.41, 5.74) is 0. The Morgan fingerprint density at radius 2 is 1.91 bits per heavy atom. The van der Waals surface area contributed by atoms with Gasteiger partial charge in [0, 0.05) is 19.3 Å². The molecular formula is C15H17N3O3S. The van der Waals surface area contributed by atoms with Crippen LogP contribution in [0.3, 0.4) is 0 Å². The van der Waals surface area contributed by atoms with E-state index in [4.69, 9.17) is 4.74 Å². The molecule has 116 valence electrons. The average molecular weight is 319 g/mol. The molecule has 2 aromatic rings. The molecule has 0 unspecified atom stereocenters. The van der Waals surface area contributed by atoms with Crippen molar-refractivity contribution in [1.29, 1.82) is 0 Å². The van der Waals surface area contributed by atoms with E-state index in [-0.39, 0.29) is 10.9 Å². The molecule has 6 nitrogen and oxygen atoms in total. The Morgan fingerprint density at radius 1 is 1.18 bits per heavy atom. The third-order valence-electron chi connectivity index (χ3n) is 3.54. The summed E-state index contributed by atoms with van der Waals surface area (Å²) in [5, 5.41) is 0. The van der Waals surface area contributed by atoms with Crippen molar-refractivity contribution in [3.8, 4) is 5.75 Å². The van der Waals surface area contributed by atoms with Crippen molar-refractivity contribution in [3.63, 3.8) is 0 Å². The van der Waals surface area contributed by atoms with E-state index in [0.29, 0.717) is 18.8 Å². The summed E-state index contributed by atoms with van der Waals surface area (Å²) >= 11 is 0. The van der Waals surface area contributed by atoms with Gasteiger partial charge in [-0.2, -0.15) is 0 Å². The van der Waals surface area contributed by atoms with Crippen LogP contribution in [0, 0.1) is 0 Å². The van der Waals surface area contributed by atoms with Crippen molar-refractivity contribution in [1.82, 2.24) is 9.71 Å². The first kappa shape index (κ1) is 14.8. The maximum atomic E-state index is 12.4. The molecule has 2 heterocycles. The molecule has 7 heteroatoms. The summed E-state index contributed by atoms with van der Waals surface area (Å²) in [6.45, 7) is 1.21. The molecule has 1 aromatic carbocycles. The Kier molecular flexibility index (Phi) is 4.00. The molecule has 0 spiro atoms. The molecular weight excluding hydrogens is 302 g/mol. The molecule has 0 atom stereocenters. The molecule has 0 bridgehead atoms. The van der Waals surface area contributed by atoms with Crippen LogP contribution in [0.1, 0.15) is 0 Å². The van der Waals surface area contributed by atoms with E-state index < -0.39 is 10.0 Å². The van der Waals surface area contributed by atoms with Gasteiger partial charge in [-0.05, 0) is 24.3 Å². The highest BCUT2D eigenvalue weighted by Crippen LogP contribution is 2.24. The topological polar surface area (TPSA) is 71.5 Å². The molecule has 3 rings (SSSR count). The standard InChI is InChI=1S/C15H17N3O3S/c1-21-13-6-2-3-7-14(13)22(19,20)17-12-10-18(11-12)15-8-4-5-9-16-15/h2-9,12,17H,10-11H2,1H3. The minimum Gasteiger partial charge on any atom is -0.495 e. The van der Waals surface area contributed by atoms with Gasteiger partial charge in [0.1, 0.15) is 16.5 Å². The Bertz CT molecular complexity index is 744. The lowest BCUT2D eigenvalue weighted by Crippen LogP contribution is -2.59. The number of sulfonamides is 1. The van der Waals surface area contributed by atoms with Crippen LogP contribution in [0.2, 0.25) is 0 Å². The highest BCUT2D eigenvalue weighted by molar-refractivity contribution is 7.89. The first-order valence-electron chi connectivity index (χ1n) is 6.91. The fraction of sp³-hybridized carbons (Fsp3) is 0.267. The highest BCUT2D eigenvalue weighted by atomic mass is 32.2. The fourth-order valence-electron chi connectivity index (χ4n) is 2.40. The number of ether oxygens (including phenoxy) is 1. The second-order valence-electron chi connectivity index (χ2n) is 5.06. The zero-order chi connectivity index (χ0) is 15.6. The van der Waals surface area contributed by atoms with Gasteiger partial charge in [0.15, 0.2) is 0 Å². The van der Waals surface area contributed by atoms with E-state index in [1.807, 2.05) is 23.1 Å². The van der Waals surface area contributed by atoms with Crippen molar-refractivity contribution in [2.75, 3.05) is 25.1 Å². The number of nitrogens with one attached hydrogen (secondary N) is 1. The maximum Gasteiger partial charge on any atom is 0.244 e. The first-order valence-corrected chi connectivity index (χ1v) is 8.40. The minimum atomic E-state index is -3.59. The quantitative estimate of drug-likeness (QED) is 0.898. The number of anilines is 1. The van der Waals surface area contributed by atoms with Crippen LogP contribution < -0.4 is 14.4 Å². The molecule has 1 aliphatic heterocycles. The Hall–Kier alpha value is -2.12. The number of benzene rings is 1. The van der Waals surface area contributed by atoms with Gasteiger partial charge >= 0.3 is 0 Å². The van der Waals surface area contributed by atoms with Gasteiger partial charge in [-0.3, -0.25) is 0 Å². The number of methoxy groups -OCH3 is 1. The monoisotopic (exact) mass is 319 g/mol. The van der Waals surface area contributed by atoms with Crippen molar-refractivity contribution in [2.24, 2.45) is 0 Å². The number of rotatable bonds is 5. The van der Waals surface area contributed by atoms with Gasteiger partial charge in [-0.25, -0.2) is 18.1 Å². The van der Waals surface area contributed by atoms with Crippen LogP contribution in [-0.4, -0.2) is 39.6 Å².